The van der Waals surface area contributed by atoms with Crippen molar-refractivity contribution in [2.75, 3.05) is 32.7 Å². The number of nitro groups is 1. The van der Waals surface area contributed by atoms with E-state index in [-0.39, 0.29) is 4.90 Å². The van der Waals surface area contributed by atoms with Gasteiger partial charge < -0.3 is 4.90 Å². The van der Waals surface area contributed by atoms with Crippen molar-refractivity contribution in [3.8, 4) is 0 Å². The van der Waals surface area contributed by atoms with Gasteiger partial charge in [0.05, 0.1) is 36.1 Å². The first-order valence-corrected chi connectivity index (χ1v) is 8.54. The molecule has 1 aromatic rings. The molecule has 0 aliphatic carbocycles. The molecule has 0 bridgehead atoms. The van der Waals surface area contributed by atoms with Crippen LogP contribution in [0, 0.1) is 10.1 Å². The molecule has 1 N–H and O–H groups in total. The highest BCUT2D eigenvalue weighted by Crippen LogP contribution is 2.26. The third-order valence-corrected chi connectivity index (χ3v) is 5.63. The van der Waals surface area contributed by atoms with Crippen LogP contribution in [0.1, 0.15) is 0 Å². The van der Waals surface area contributed by atoms with Gasteiger partial charge >= 0.3 is 0 Å². The van der Waals surface area contributed by atoms with E-state index in [1.165, 1.54) is 28.6 Å². The Kier molecular flexibility index (Phi) is 5.17. The molecule has 22 heavy (non-hydrogen) atoms. The molecule has 7 nitrogen and oxygen atoms in total. The van der Waals surface area contributed by atoms with Gasteiger partial charge in [0.15, 0.2) is 4.90 Å². The van der Waals surface area contributed by atoms with Crippen molar-refractivity contribution in [1.82, 2.24) is 4.31 Å². The summed E-state index contributed by atoms with van der Waals surface area (Å²) >= 11 is 5.77. The molecule has 1 aliphatic heterocycles. The lowest BCUT2D eigenvalue weighted by Gasteiger charge is -2.31. The summed E-state index contributed by atoms with van der Waals surface area (Å²) in [6.45, 7) is 5.99. The molecule has 0 saturated carbocycles. The average molecular weight is 347 g/mol. The van der Waals surface area contributed by atoms with Crippen LogP contribution in [-0.4, -0.2) is 50.4 Å². The Hall–Kier alpha value is -1.48. The third-order valence-electron chi connectivity index (χ3n) is 3.55. The van der Waals surface area contributed by atoms with E-state index >= 15 is 0 Å². The summed E-state index contributed by atoms with van der Waals surface area (Å²) in [7, 11) is -3.87. The molecule has 9 heteroatoms. The summed E-state index contributed by atoms with van der Waals surface area (Å²) in [6, 6.07) is 5.41. The Balaban J connectivity index is 2.19. The molecule has 0 unspecified atom stereocenters. The van der Waals surface area contributed by atoms with Crippen LogP contribution in [0.15, 0.2) is 40.8 Å². The van der Waals surface area contributed by atoms with Gasteiger partial charge in [0, 0.05) is 6.07 Å². The zero-order chi connectivity index (χ0) is 16.3. The molecule has 2 rings (SSSR count). The lowest BCUT2D eigenvalue weighted by molar-refractivity contribution is -0.898. The maximum Gasteiger partial charge on any atom is 0.289 e. The van der Waals surface area contributed by atoms with Gasteiger partial charge in [0.1, 0.15) is 6.54 Å². The highest BCUT2D eigenvalue weighted by atomic mass is 35.5. The van der Waals surface area contributed by atoms with Gasteiger partial charge in [-0.05, 0) is 6.07 Å². The number of para-hydroxylation sites is 1. The van der Waals surface area contributed by atoms with Gasteiger partial charge in [-0.25, -0.2) is 8.42 Å². The van der Waals surface area contributed by atoms with Crippen LogP contribution in [0.5, 0.6) is 0 Å². The summed E-state index contributed by atoms with van der Waals surface area (Å²) in [4.78, 5) is 11.2. The maximum absolute atomic E-state index is 12.6. The largest absolute Gasteiger partial charge is 0.328 e. The SMILES string of the molecule is C=C(Cl)C[NH+]1CCN(S(=O)(=O)c2ccccc2[N+](=O)[O-])CC1. The van der Waals surface area contributed by atoms with Crippen LogP contribution in [0.25, 0.3) is 0 Å². The summed E-state index contributed by atoms with van der Waals surface area (Å²) < 4.78 is 26.5. The van der Waals surface area contributed by atoms with E-state index < -0.39 is 20.6 Å². The molecule has 0 spiro atoms. The molecule has 0 atom stereocenters. The minimum absolute atomic E-state index is 0.259. The van der Waals surface area contributed by atoms with E-state index in [1.807, 2.05) is 0 Å². The zero-order valence-corrected chi connectivity index (χ0v) is 13.4. The smallest absolute Gasteiger partial charge is 0.289 e. The van der Waals surface area contributed by atoms with Crippen LogP contribution in [0.4, 0.5) is 5.69 Å². The number of benzene rings is 1. The van der Waals surface area contributed by atoms with Crippen LogP contribution < -0.4 is 4.90 Å². The van der Waals surface area contributed by atoms with Crippen molar-refractivity contribution in [2.45, 2.75) is 4.90 Å². The van der Waals surface area contributed by atoms with Crippen molar-refractivity contribution in [3.63, 3.8) is 0 Å². The lowest BCUT2D eigenvalue weighted by atomic mass is 10.3. The second kappa shape index (κ2) is 6.74. The van der Waals surface area contributed by atoms with Gasteiger partial charge in [-0.2, -0.15) is 4.31 Å². The summed E-state index contributed by atoms with van der Waals surface area (Å²) in [6.07, 6.45) is 0. The molecule has 1 heterocycles. The average Bonchev–Trinajstić information content (AvgIpc) is 2.47. The first kappa shape index (κ1) is 16.9. The van der Waals surface area contributed by atoms with Crippen molar-refractivity contribution in [3.05, 3.63) is 46.0 Å². The van der Waals surface area contributed by atoms with E-state index in [1.54, 1.807) is 0 Å². The molecular formula is C13H17ClN3O4S+. The lowest BCUT2D eigenvalue weighted by Crippen LogP contribution is -3.14. The number of nitrogens with one attached hydrogen (secondary N) is 1. The molecule has 1 aliphatic rings. The predicted octanol–water partition coefficient (Wildman–Crippen LogP) is 0.237. The van der Waals surface area contributed by atoms with Gasteiger partial charge in [0.2, 0.25) is 10.0 Å². The fourth-order valence-electron chi connectivity index (χ4n) is 2.46. The Morgan fingerprint density at radius 2 is 1.95 bits per heavy atom. The van der Waals surface area contributed by atoms with E-state index in [9.17, 15) is 18.5 Å². The van der Waals surface area contributed by atoms with Gasteiger partial charge in [-0.15, -0.1) is 0 Å². The van der Waals surface area contributed by atoms with Gasteiger partial charge in [0.25, 0.3) is 5.69 Å². The normalized spacial score (nSPS) is 17.3. The number of quaternary nitrogens is 1. The van der Waals surface area contributed by atoms with Crippen molar-refractivity contribution >= 4 is 27.3 Å². The number of sulfonamides is 1. The molecule has 0 radical (unpaired) electrons. The second-order valence-corrected chi connectivity index (χ2v) is 7.51. The maximum atomic E-state index is 12.6. The zero-order valence-electron chi connectivity index (χ0n) is 11.9. The van der Waals surface area contributed by atoms with Crippen molar-refractivity contribution < 1.29 is 18.2 Å². The fourth-order valence-corrected chi connectivity index (χ4v) is 4.24. The number of halogens is 1. The fraction of sp³-hybridized carbons (Fsp3) is 0.385. The molecule has 1 aromatic carbocycles. The predicted molar refractivity (Wildman–Crippen MR) is 82.4 cm³/mol. The third kappa shape index (κ3) is 3.64. The molecule has 1 fully saturated rings. The monoisotopic (exact) mass is 346 g/mol. The summed E-state index contributed by atoms with van der Waals surface area (Å²) in [5.74, 6) is 0. The number of hydrogen-bond donors (Lipinski definition) is 1. The molecule has 0 amide bonds. The van der Waals surface area contributed by atoms with Crippen molar-refractivity contribution in [1.29, 1.82) is 0 Å². The first-order chi connectivity index (χ1) is 10.3. The van der Waals surface area contributed by atoms with Crippen LogP contribution in [0.2, 0.25) is 0 Å². The topological polar surface area (TPSA) is 85.0 Å². The van der Waals surface area contributed by atoms with Crippen LogP contribution in [0.3, 0.4) is 0 Å². The van der Waals surface area contributed by atoms with E-state index in [4.69, 9.17) is 11.6 Å². The van der Waals surface area contributed by atoms with Crippen LogP contribution >= 0.6 is 11.6 Å². The summed E-state index contributed by atoms with van der Waals surface area (Å²) in [5, 5.41) is 11.6. The molecule has 1 saturated heterocycles. The number of piperazine rings is 1. The van der Waals surface area contributed by atoms with Crippen LogP contribution in [-0.2, 0) is 10.0 Å². The van der Waals surface area contributed by atoms with E-state index in [2.05, 4.69) is 6.58 Å². The molecule has 0 aromatic heterocycles. The van der Waals surface area contributed by atoms with Crippen molar-refractivity contribution in [2.24, 2.45) is 0 Å². The quantitative estimate of drug-likeness (QED) is 0.611. The van der Waals surface area contributed by atoms with E-state index in [0.717, 1.165) is 4.90 Å². The highest BCUT2D eigenvalue weighted by Gasteiger charge is 2.34. The summed E-state index contributed by atoms with van der Waals surface area (Å²) in [5.41, 5.74) is -0.397. The number of hydrogen-bond acceptors (Lipinski definition) is 4. The Morgan fingerprint density at radius 3 is 2.50 bits per heavy atom. The van der Waals surface area contributed by atoms with Gasteiger partial charge in [-0.1, -0.05) is 30.3 Å². The van der Waals surface area contributed by atoms with E-state index in [0.29, 0.717) is 37.8 Å². The Morgan fingerprint density at radius 1 is 1.36 bits per heavy atom. The van der Waals surface area contributed by atoms with Gasteiger partial charge in [-0.3, -0.25) is 10.1 Å². The second-order valence-electron chi connectivity index (χ2n) is 5.07. The Bertz CT molecular complexity index is 684. The Labute approximate surface area is 134 Å². The number of nitro benzene ring substituents is 1. The number of rotatable bonds is 5. The highest BCUT2D eigenvalue weighted by molar-refractivity contribution is 7.89. The standard InChI is InChI=1S/C13H16ClN3O4S/c1-11(14)10-15-6-8-16(9-7-15)22(20,21)13-5-3-2-4-12(13)17(18)19/h2-5H,1,6-10H2/p+1. The number of nitrogens with zero attached hydrogens (tertiary/aromatic N) is 2. The minimum Gasteiger partial charge on any atom is -0.328 e. The first-order valence-electron chi connectivity index (χ1n) is 6.73. The molecular weight excluding hydrogens is 330 g/mol. The minimum atomic E-state index is -3.87. The molecule has 120 valence electrons.